The smallest absolute Gasteiger partial charge is 0.360 e. The number of fused-ring (bicyclic) bond motifs is 1. The maximum Gasteiger partial charge on any atom is 0.360 e. The number of hydrogen-bond acceptors (Lipinski definition) is 8. The van der Waals surface area contributed by atoms with E-state index in [1.165, 1.54) is 0 Å². The first kappa shape index (κ1) is 23.6. The van der Waals surface area contributed by atoms with Crippen LogP contribution >= 0.6 is 0 Å². The Morgan fingerprint density at radius 3 is 2.43 bits per heavy atom. The number of rotatable bonds is 8. The van der Waals surface area contributed by atoms with Crippen molar-refractivity contribution < 1.29 is 28.5 Å². The molecule has 0 aliphatic carbocycles. The minimum absolute atomic E-state index is 0.0244. The highest BCUT2D eigenvalue weighted by molar-refractivity contribution is 5.88. The van der Waals surface area contributed by atoms with E-state index < -0.39 is 36.4 Å². The minimum atomic E-state index is -0.778. The zero-order chi connectivity index (χ0) is 24.4. The molecule has 0 N–H and O–H groups in total. The van der Waals surface area contributed by atoms with Gasteiger partial charge in [-0.2, -0.15) is 0 Å². The zero-order valence-corrected chi connectivity index (χ0v) is 20.0. The summed E-state index contributed by atoms with van der Waals surface area (Å²) in [6, 6.07) is 19.7. The Hall–Kier alpha value is -3.11. The molecule has 0 amide bonds. The van der Waals surface area contributed by atoms with Crippen LogP contribution in [0.15, 0.2) is 60.7 Å². The molecule has 1 aromatic heterocycles. The van der Waals surface area contributed by atoms with E-state index in [0.29, 0.717) is 18.8 Å². The molecular formula is C26H29N3O6. The van der Waals surface area contributed by atoms with Crippen LogP contribution in [0.25, 0.3) is 0 Å². The summed E-state index contributed by atoms with van der Waals surface area (Å²) in [5, 5.41) is 8.17. The van der Waals surface area contributed by atoms with Gasteiger partial charge in [-0.3, -0.25) is 0 Å². The van der Waals surface area contributed by atoms with E-state index in [2.05, 4.69) is 10.3 Å². The first-order valence-electron chi connectivity index (χ1n) is 11.7. The van der Waals surface area contributed by atoms with Crippen LogP contribution in [0.5, 0.6) is 0 Å². The number of hydrogen-bond donors (Lipinski definition) is 0. The molecule has 2 aromatic carbocycles. The van der Waals surface area contributed by atoms with Crippen LogP contribution in [0, 0.1) is 6.92 Å². The summed E-state index contributed by atoms with van der Waals surface area (Å²) in [6.07, 6.45) is -2.04. The molecule has 0 bridgehead atoms. The monoisotopic (exact) mass is 479 g/mol. The maximum absolute atomic E-state index is 12.8. The quantitative estimate of drug-likeness (QED) is 0.455. The van der Waals surface area contributed by atoms with Crippen molar-refractivity contribution in [2.45, 2.75) is 64.3 Å². The number of carbonyl (C=O) groups is 1. The van der Waals surface area contributed by atoms with Crippen LogP contribution in [-0.2, 0) is 36.8 Å². The minimum Gasteiger partial charge on any atom is -0.458 e. The summed E-state index contributed by atoms with van der Waals surface area (Å²) in [6.45, 7) is 6.33. The molecule has 0 radical (unpaired) electrons. The Labute approximate surface area is 203 Å². The predicted molar refractivity (Wildman–Crippen MR) is 124 cm³/mol. The first-order chi connectivity index (χ1) is 16.9. The molecule has 0 saturated carbocycles. The highest BCUT2D eigenvalue weighted by Gasteiger charge is 2.55. The van der Waals surface area contributed by atoms with Crippen molar-refractivity contribution in [3.63, 3.8) is 0 Å². The van der Waals surface area contributed by atoms with Crippen LogP contribution in [-0.4, -0.2) is 58.0 Å². The molecule has 2 fully saturated rings. The van der Waals surface area contributed by atoms with E-state index in [-0.39, 0.29) is 12.3 Å². The highest BCUT2D eigenvalue weighted by atomic mass is 16.8. The fraction of sp³-hybridized carbons (Fsp3) is 0.423. The summed E-state index contributed by atoms with van der Waals surface area (Å²) in [4.78, 5) is 12.8. The summed E-state index contributed by atoms with van der Waals surface area (Å²) >= 11 is 0. The molecule has 9 heteroatoms. The van der Waals surface area contributed by atoms with Gasteiger partial charge in [0.25, 0.3) is 0 Å². The van der Waals surface area contributed by atoms with Gasteiger partial charge in [0.15, 0.2) is 17.8 Å². The van der Waals surface area contributed by atoms with E-state index in [4.69, 9.17) is 23.7 Å². The van der Waals surface area contributed by atoms with E-state index in [1.807, 2.05) is 74.5 Å². The maximum atomic E-state index is 12.8. The Bertz CT molecular complexity index is 1150. The molecule has 5 rings (SSSR count). The lowest BCUT2D eigenvalue weighted by Crippen LogP contribution is -2.39. The molecule has 2 saturated heterocycles. The number of benzene rings is 2. The molecule has 2 unspecified atom stereocenters. The second-order valence-electron chi connectivity index (χ2n) is 9.17. The summed E-state index contributed by atoms with van der Waals surface area (Å²) in [7, 11) is 0. The van der Waals surface area contributed by atoms with Gasteiger partial charge in [0, 0.05) is 0 Å². The third kappa shape index (κ3) is 5.28. The van der Waals surface area contributed by atoms with Gasteiger partial charge < -0.3 is 23.7 Å². The van der Waals surface area contributed by atoms with E-state index in [0.717, 1.165) is 11.1 Å². The van der Waals surface area contributed by atoms with Crippen LogP contribution in [0.1, 0.15) is 41.2 Å². The first-order valence-corrected chi connectivity index (χ1v) is 11.7. The van der Waals surface area contributed by atoms with Crippen molar-refractivity contribution in [3.8, 4) is 0 Å². The van der Waals surface area contributed by atoms with Gasteiger partial charge in [0.05, 0.1) is 18.8 Å². The largest absolute Gasteiger partial charge is 0.458 e. The summed E-state index contributed by atoms with van der Waals surface area (Å²) < 4.78 is 31.4. The summed E-state index contributed by atoms with van der Waals surface area (Å²) in [5.74, 6) is -1.34. The second kappa shape index (κ2) is 9.87. The SMILES string of the molecule is Cc1c(C(=O)OC[C@@H]2OC3OC(C)(C)OC3[C@H]2OCc2ccccc2)nnn1Cc1ccccc1. The van der Waals surface area contributed by atoms with Gasteiger partial charge in [-0.1, -0.05) is 65.9 Å². The van der Waals surface area contributed by atoms with Crippen molar-refractivity contribution in [2.75, 3.05) is 6.61 Å². The number of aromatic nitrogens is 3. The molecule has 35 heavy (non-hydrogen) atoms. The molecule has 2 aliphatic heterocycles. The zero-order valence-electron chi connectivity index (χ0n) is 20.0. The Morgan fingerprint density at radius 2 is 1.71 bits per heavy atom. The molecule has 9 nitrogen and oxygen atoms in total. The van der Waals surface area contributed by atoms with Crippen molar-refractivity contribution in [1.29, 1.82) is 0 Å². The normalized spacial score (nSPS) is 24.9. The van der Waals surface area contributed by atoms with Gasteiger partial charge in [-0.15, -0.1) is 5.10 Å². The lowest BCUT2D eigenvalue weighted by Gasteiger charge is -2.25. The highest BCUT2D eigenvalue weighted by Crippen LogP contribution is 2.39. The fourth-order valence-electron chi connectivity index (χ4n) is 4.33. The molecule has 2 aliphatic rings. The van der Waals surface area contributed by atoms with Crippen LogP contribution in [0.2, 0.25) is 0 Å². The molecule has 184 valence electrons. The standard InChI is InChI=1S/C26H29N3O6/c1-17-21(27-28-29(17)14-18-10-6-4-7-11-18)24(30)32-16-20-22(31-15-19-12-8-5-9-13-19)23-25(33-20)35-26(2,3)34-23/h4-13,20,22-23,25H,14-16H2,1-3H3/t20-,22-,23?,25?/m0/s1. The molecule has 3 heterocycles. The van der Waals surface area contributed by atoms with Gasteiger partial charge in [0.2, 0.25) is 0 Å². The number of carbonyl (C=O) groups excluding carboxylic acids is 1. The van der Waals surface area contributed by atoms with E-state index in [1.54, 1.807) is 11.6 Å². The van der Waals surface area contributed by atoms with Gasteiger partial charge in [-0.05, 0) is 31.9 Å². The molecule has 0 spiro atoms. The topological polar surface area (TPSA) is 93.9 Å². The van der Waals surface area contributed by atoms with Crippen molar-refractivity contribution >= 4 is 5.97 Å². The van der Waals surface area contributed by atoms with Crippen LogP contribution in [0.3, 0.4) is 0 Å². The number of nitrogens with zero attached hydrogens (tertiary/aromatic N) is 3. The van der Waals surface area contributed by atoms with Crippen LogP contribution in [0.4, 0.5) is 0 Å². The van der Waals surface area contributed by atoms with Crippen molar-refractivity contribution in [3.05, 3.63) is 83.2 Å². The average molecular weight is 480 g/mol. The van der Waals surface area contributed by atoms with E-state index in [9.17, 15) is 4.79 Å². The third-order valence-corrected chi connectivity index (χ3v) is 6.10. The Kier molecular flexibility index (Phi) is 6.66. The lowest BCUT2D eigenvalue weighted by atomic mass is 10.1. The molecule has 3 aromatic rings. The fourth-order valence-corrected chi connectivity index (χ4v) is 4.33. The van der Waals surface area contributed by atoms with E-state index >= 15 is 0 Å². The Balaban J connectivity index is 1.23. The number of ether oxygens (including phenoxy) is 5. The number of esters is 1. The average Bonchev–Trinajstić information content (AvgIpc) is 3.46. The van der Waals surface area contributed by atoms with Gasteiger partial charge in [-0.25, -0.2) is 9.48 Å². The summed E-state index contributed by atoms with van der Waals surface area (Å²) in [5.41, 5.74) is 2.89. The van der Waals surface area contributed by atoms with Crippen molar-refractivity contribution in [2.24, 2.45) is 0 Å². The Morgan fingerprint density at radius 1 is 1.03 bits per heavy atom. The third-order valence-electron chi connectivity index (χ3n) is 6.10. The van der Waals surface area contributed by atoms with Gasteiger partial charge >= 0.3 is 5.97 Å². The van der Waals surface area contributed by atoms with Gasteiger partial charge in [0.1, 0.15) is 24.9 Å². The second-order valence-corrected chi connectivity index (χ2v) is 9.17. The predicted octanol–water partition coefficient (Wildman–Crippen LogP) is 3.25. The van der Waals surface area contributed by atoms with Crippen molar-refractivity contribution in [1.82, 2.24) is 15.0 Å². The lowest BCUT2D eigenvalue weighted by molar-refractivity contribution is -0.222. The molecular weight excluding hydrogens is 450 g/mol. The van der Waals surface area contributed by atoms with Crippen LogP contribution < -0.4 is 0 Å². The molecule has 4 atom stereocenters.